The Kier molecular flexibility index (Phi) is 5.60. The van der Waals surface area contributed by atoms with Crippen LogP contribution in [0, 0.1) is 5.92 Å². The minimum atomic E-state index is 0.376. The molecule has 1 aromatic rings. The smallest absolute Gasteiger partial charge is 0.133 e. The van der Waals surface area contributed by atoms with Gasteiger partial charge in [-0.15, -0.1) is 0 Å². The summed E-state index contributed by atoms with van der Waals surface area (Å²) in [7, 11) is 1.66. The van der Waals surface area contributed by atoms with Gasteiger partial charge in [0.15, 0.2) is 0 Å². The molecule has 0 aliphatic heterocycles. The highest BCUT2D eigenvalue weighted by molar-refractivity contribution is 5.79. The monoisotopic (exact) mass is 276 g/mol. The number of hydrogen-bond donors (Lipinski definition) is 0. The Morgan fingerprint density at radius 2 is 1.95 bits per heavy atom. The van der Waals surface area contributed by atoms with E-state index in [0.717, 1.165) is 38.0 Å². The van der Waals surface area contributed by atoms with Gasteiger partial charge in [0, 0.05) is 19.4 Å². The maximum absolute atomic E-state index is 11.9. The predicted molar refractivity (Wildman–Crippen MR) is 79.1 cm³/mol. The Bertz CT molecular complexity index is 418. The molecule has 0 heterocycles. The van der Waals surface area contributed by atoms with Crippen molar-refractivity contribution in [3.05, 3.63) is 29.8 Å². The lowest BCUT2D eigenvalue weighted by Crippen LogP contribution is -2.32. The fraction of sp³-hybridized carbons (Fsp3) is 0.588. The van der Waals surface area contributed by atoms with E-state index in [4.69, 9.17) is 9.47 Å². The second-order valence-corrected chi connectivity index (χ2v) is 5.51. The van der Waals surface area contributed by atoms with Gasteiger partial charge in [-0.25, -0.2) is 0 Å². The van der Waals surface area contributed by atoms with Crippen molar-refractivity contribution in [2.45, 2.75) is 45.1 Å². The van der Waals surface area contributed by atoms with Crippen LogP contribution < -0.4 is 4.74 Å². The Balaban J connectivity index is 1.65. The molecular formula is C17H24O3. The summed E-state index contributed by atoms with van der Waals surface area (Å²) >= 11 is 0. The van der Waals surface area contributed by atoms with E-state index in [0.29, 0.717) is 24.2 Å². The van der Waals surface area contributed by atoms with Crippen LogP contribution >= 0.6 is 0 Å². The molecule has 1 aliphatic carbocycles. The summed E-state index contributed by atoms with van der Waals surface area (Å²) < 4.78 is 10.6. The fourth-order valence-corrected chi connectivity index (χ4v) is 2.71. The van der Waals surface area contributed by atoms with Crippen molar-refractivity contribution in [1.82, 2.24) is 0 Å². The summed E-state index contributed by atoms with van der Waals surface area (Å²) in [5.74, 6) is 1.78. The summed E-state index contributed by atoms with van der Waals surface area (Å²) in [6, 6.07) is 7.94. The molecule has 0 spiro atoms. The number of methoxy groups -OCH3 is 1. The number of carbonyl (C=O) groups excluding carboxylic acids is 1. The van der Waals surface area contributed by atoms with Crippen molar-refractivity contribution in [2.75, 3.05) is 13.7 Å². The summed E-state index contributed by atoms with van der Waals surface area (Å²) in [6.45, 7) is 2.80. The maximum atomic E-state index is 11.9. The Morgan fingerprint density at radius 1 is 1.25 bits per heavy atom. The number of Topliss-reactive ketones (excluding diaryl/α,β-unsaturated/α-hetero) is 1. The standard InChI is InChI=1S/C17H24O3/c1-3-20-17-11-14(12-17)10-15(18)7-4-13-5-8-16(19-2)9-6-13/h5-6,8-9,14,17H,3-4,7,10-12H2,1-2H3. The quantitative estimate of drug-likeness (QED) is 0.730. The summed E-state index contributed by atoms with van der Waals surface area (Å²) in [6.07, 6.45) is 4.70. The number of hydrogen-bond acceptors (Lipinski definition) is 3. The third kappa shape index (κ3) is 4.34. The van der Waals surface area contributed by atoms with Crippen LogP contribution in [0.25, 0.3) is 0 Å². The molecule has 1 saturated carbocycles. The largest absolute Gasteiger partial charge is 0.497 e. The van der Waals surface area contributed by atoms with E-state index in [1.165, 1.54) is 5.56 Å². The highest BCUT2D eigenvalue weighted by Crippen LogP contribution is 2.33. The minimum absolute atomic E-state index is 0.376. The van der Waals surface area contributed by atoms with E-state index < -0.39 is 0 Å². The third-order valence-corrected chi connectivity index (χ3v) is 3.96. The molecular weight excluding hydrogens is 252 g/mol. The van der Waals surface area contributed by atoms with Gasteiger partial charge < -0.3 is 9.47 Å². The SMILES string of the molecule is CCOC1CC(CC(=O)CCc2ccc(OC)cc2)C1. The van der Waals surface area contributed by atoms with Crippen molar-refractivity contribution in [3.8, 4) is 5.75 Å². The van der Waals surface area contributed by atoms with E-state index >= 15 is 0 Å². The molecule has 1 aliphatic rings. The highest BCUT2D eigenvalue weighted by atomic mass is 16.5. The van der Waals surface area contributed by atoms with E-state index in [1.807, 2.05) is 31.2 Å². The van der Waals surface area contributed by atoms with Crippen molar-refractivity contribution in [2.24, 2.45) is 5.92 Å². The predicted octanol–water partition coefficient (Wildman–Crippen LogP) is 3.40. The zero-order chi connectivity index (χ0) is 14.4. The molecule has 110 valence electrons. The minimum Gasteiger partial charge on any atom is -0.497 e. The van der Waals surface area contributed by atoms with E-state index in [-0.39, 0.29) is 0 Å². The molecule has 0 unspecified atom stereocenters. The van der Waals surface area contributed by atoms with Gasteiger partial charge in [-0.2, -0.15) is 0 Å². The lowest BCUT2D eigenvalue weighted by atomic mass is 9.78. The van der Waals surface area contributed by atoms with Gasteiger partial charge in [0.2, 0.25) is 0 Å². The maximum Gasteiger partial charge on any atom is 0.133 e. The van der Waals surface area contributed by atoms with Crippen LogP contribution in [-0.4, -0.2) is 25.6 Å². The summed E-state index contributed by atoms with van der Waals surface area (Å²) in [5.41, 5.74) is 1.19. The van der Waals surface area contributed by atoms with Gasteiger partial charge >= 0.3 is 0 Å². The van der Waals surface area contributed by atoms with Crippen molar-refractivity contribution < 1.29 is 14.3 Å². The lowest BCUT2D eigenvalue weighted by molar-refractivity contribution is -0.122. The first kappa shape index (κ1) is 15.0. The zero-order valence-corrected chi connectivity index (χ0v) is 12.4. The van der Waals surface area contributed by atoms with Gasteiger partial charge in [-0.1, -0.05) is 12.1 Å². The van der Waals surface area contributed by atoms with Crippen LogP contribution in [0.4, 0.5) is 0 Å². The van der Waals surface area contributed by atoms with Crippen LogP contribution in [-0.2, 0) is 16.0 Å². The molecule has 2 rings (SSSR count). The van der Waals surface area contributed by atoms with E-state index in [2.05, 4.69) is 0 Å². The molecule has 20 heavy (non-hydrogen) atoms. The van der Waals surface area contributed by atoms with Crippen LogP contribution in [0.15, 0.2) is 24.3 Å². The molecule has 3 nitrogen and oxygen atoms in total. The summed E-state index contributed by atoms with van der Waals surface area (Å²) in [5, 5.41) is 0. The first-order chi connectivity index (χ1) is 9.71. The highest BCUT2D eigenvalue weighted by Gasteiger charge is 2.30. The van der Waals surface area contributed by atoms with Crippen molar-refractivity contribution >= 4 is 5.78 Å². The first-order valence-corrected chi connectivity index (χ1v) is 7.47. The Hall–Kier alpha value is -1.35. The molecule has 0 aromatic heterocycles. The number of carbonyl (C=O) groups is 1. The van der Waals surface area contributed by atoms with Gasteiger partial charge in [0.05, 0.1) is 13.2 Å². The van der Waals surface area contributed by atoms with Gasteiger partial charge in [0.25, 0.3) is 0 Å². The van der Waals surface area contributed by atoms with Crippen molar-refractivity contribution in [1.29, 1.82) is 0 Å². The van der Waals surface area contributed by atoms with Crippen LogP contribution in [0.5, 0.6) is 5.75 Å². The molecule has 1 fully saturated rings. The number of aryl methyl sites for hydroxylation is 1. The normalized spacial score (nSPS) is 21.3. The Morgan fingerprint density at radius 3 is 2.55 bits per heavy atom. The topological polar surface area (TPSA) is 35.5 Å². The second-order valence-electron chi connectivity index (χ2n) is 5.51. The van der Waals surface area contributed by atoms with Gasteiger partial charge in [-0.05, 0) is 49.8 Å². The number of ketones is 1. The average Bonchev–Trinajstić information content (AvgIpc) is 2.43. The number of benzene rings is 1. The van der Waals surface area contributed by atoms with Crippen molar-refractivity contribution in [3.63, 3.8) is 0 Å². The molecule has 0 radical (unpaired) electrons. The Labute approximate surface area is 121 Å². The van der Waals surface area contributed by atoms with Gasteiger partial charge in [0.1, 0.15) is 11.5 Å². The first-order valence-electron chi connectivity index (χ1n) is 7.47. The van der Waals surface area contributed by atoms with Crippen LogP contribution in [0.2, 0.25) is 0 Å². The lowest BCUT2D eigenvalue weighted by Gasteiger charge is -2.34. The number of ether oxygens (including phenoxy) is 2. The molecule has 0 saturated heterocycles. The van der Waals surface area contributed by atoms with E-state index in [9.17, 15) is 4.79 Å². The van der Waals surface area contributed by atoms with E-state index in [1.54, 1.807) is 7.11 Å². The molecule has 0 N–H and O–H groups in total. The zero-order valence-electron chi connectivity index (χ0n) is 12.4. The molecule has 3 heteroatoms. The average molecular weight is 276 g/mol. The van der Waals surface area contributed by atoms with Gasteiger partial charge in [-0.3, -0.25) is 4.79 Å². The molecule has 1 aromatic carbocycles. The number of rotatable bonds is 8. The molecule has 0 amide bonds. The fourth-order valence-electron chi connectivity index (χ4n) is 2.71. The van der Waals surface area contributed by atoms with Crippen LogP contribution in [0.3, 0.4) is 0 Å². The molecule has 0 atom stereocenters. The second kappa shape index (κ2) is 7.44. The molecule has 0 bridgehead atoms. The third-order valence-electron chi connectivity index (χ3n) is 3.96. The summed E-state index contributed by atoms with van der Waals surface area (Å²) in [4.78, 5) is 11.9. The van der Waals surface area contributed by atoms with Crippen LogP contribution in [0.1, 0.15) is 38.2 Å².